The van der Waals surface area contributed by atoms with E-state index < -0.39 is 4.92 Å². The van der Waals surface area contributed by atoms with Crippen LogP contribution in [0.15, 0.2) is 72.8 Å². The van der Waals surface area contributed by atoms with Crippen molar-refractivity contribution in [3.05, 3.63) is 94.1 Å². The van der Waals surface area contributed by atoms with Crippen LogP contribution in [-0.2, 0) is 13.1 Å². The number of halogens is 1. The second-order valence-electron chi connectivity index (χ2n) is 7.00. The van der Waals surface area contributed by atoms with Gasteiger partial charge in [-0.05, 0) is 42.0 Å². The normalized spacial score (nSPS) is 10.5. The molecule has 9 heteroatoms. The van der Waals surface area contributed by atoms with Crippen LogP contribution in [0.25, 0.3) is 11.0 Å². The second-order valence-corrected chi connectivity index (χ2v) is 7.00. The number of nitro benzene ring substituents is 1. The van der Waals surface area contributed by atoms with Gasteiger partial charge in [-0.15, -0.1) is 17.0 Å². The van der Waals surface area contributed by atoms with E-state index in [2.05, 4.69) is 0 Å². The van der Waals surface area contributed by atoms with E-state index in [-0.39, 0.29) is 22.7 Å². The molecule has 0 aliphatic carbocycles. The number of imidazole rings is 1. The van der Waals surface area contributed by atoms with E-state index in [0.717, 1.165) is 28.1 Å². The van der Waals surface area contributed by atoms with Crippen molar-refractivity contribution in [2.45, 2.75) is 13.1 Å². The van der Waals surface area contributed by atoms with Crippen LogP contribution in [0.1, 0.15) is 5.56 Å². The van der Waals surface area contributed by atoms with E-state index in [9.17, 15) is 10.1 Å². The predicted octanol–water partition coefficient (Wildman–Crippen LogP) is 4.54. The summed E-state index contributed by atoms with van der Waals surface area (Å²) in [5.41, 5.74) is 3.15. The molecule has 8 nitrogen and oxygen atoms in total. The van der Waals surface area contributed by atoms with Crippen LogP contribution < -0.4 is 15.1 Å². The Balaban J connectivity index is 0.00000289. The molecule has 3 aromatic carbocycles. The second kappa shape index (κ2) is 10.1. The Bertz CT molecular complexity index is 1260. The van der Waals surface area contributed by atoms with E-state index in [1.165, 1.54) is 12.1 Å². The highest BCUT2D eigenvalue weighted by Crippen LogP contribution is 2.19. The fourth-order valence-corrected chi connectivity index (χ4v) is 3.51. The summed E-state index contributed by atoms with van der Waals surface area (Å²) < 4.78 is 14.8. The minimum absolute atomic E-state index is 0. The Morgan fingerprint density at radius 3 is 2.09 bits per heavy atom. The topological polar surface area (TPSA) is 95.3 Å². The van der Waals surface area contributed by atoms with E-state index in [1.807, 2.05) is 57.7 Å². The number of benzene rings is 3. The van der Waals surface area contributed by atoms with Crippen molar-refractivity contribution in [2.75, 3.05) is 13.7 Å². The third-order valence-electron chi connectivity index (χ3n) is 5.11. The number of hydrogen-bond donors (Lipinski definition) is 1. The third kappa shape index (κ3) is 4.83. The van der Waals surface area contributed by atoms with Gasteiger partial charge in [-0.3, -0.25) is 15.5 Å². The zero-order valence-corrected chi connectivity index (χ0v) is 19.1. The lowest BCUT2D eigenvalue weighted by Crippen LogP contribution is -2.27. The maximum Gasteiger partial charge on any atom is 0.269 e. The molecule has 1 N–H and O–H groups in total. The first-order chi connectivity index (χ1) is 15.1. The van der Waals surface area contributed by atoms with Crippen molar-refractivity contribution >= 4 is 33.7 Å². The minimum Gasteiger partial charge on any atom is -0.497 e. The molecule has 0 aliphatic rings. The number of nitro groups is 1. The molecule has 0 aliphatic heterocycles. The summed E-state index contributed by atoms with van der Waals surface area (Å²) in [6.07, 6.45) is 0. The molecule has 166 valence electrons. The van der Waals surface area contributed by atoms with Gasteiger partial charge >= 0.3 is 0 Å². The first-order valence-corrected chi connectivity index (χ1v) is 9.79. The van der Waals surface area contributed by atoms with Gasteiger partial charge in [0.1, 0.15) is 18.1 Å². The molecule has 0 bridgehead atoms. The minimum atomic E-state index is -0.415. The average molecular weight is 499 g/mol. The van der Waals surface area contributed by atoms with Gasteiger partial charge in [-0.1, -0.05) is 24.3 Å². The Hall–Kier alpha value is -3.59. The molecule has 32 heavy (non-hydrogen) atoms. The van der Waals surface area contributed by atoms with Gasteiger partial charge in [-0.2, -0.15) is 0 Å². The lowest BCUT2D eigenvalue weighted by atomic mass is 10.2. The number of non-ortho nitro benzene ring substituents is 1. The van der Waals surface area contributed by atoms with Gasteiger partial charge in [0, 0.05) is 12.1 Å². The highest BCUT2D eigenvalue weighted by atomic mass is 79.9. The number of hydrogen-bond acceptors (Lipinski definition) is 5. The van der Waals surface area contributed by atoms with E-state index in [4.69, 9.17) is 14.9 Å². The van der Waals surface area contributed by atoms with E-state index in [1.54, 1.807) is 19.2 Å². The van der Waals surface area contributed by atoms with Gasteiger partial charge in [0.05, 0.1) is 36.2 Å². The number of fused-ring (bicyclic) bond motifs is 1. The fourth-order valence-electron chi connectivity index (χ4n) is 3.51. The number of rotatable bonds is 8. The molecule has 0 fully saturated rings. The zero-order chi connectivity index (χ0) is 21.8. The van der Waals surface area contributed by atoms with Crippen LogP contribution >= 0.6 is 17.0 Å². The summed E-state index contributed by atoms with van der Waals surface area (Å²) in [6.45, 7) is 1.37. The summed E-state index contributed by atoms with van der Waals surface area (Å²) >= 11 is 0. The van der Waals surface area contributed by atoms with Crippen LogP contribution in [-0.4, -0.2) is 27.8 Å². The lowest BCUT2D eigenvalue weighted by Gasteiger charge is -2.08. The molecule has 1 aromatic heterocycles. The van der Waals surface area contributed by atoms with Crippen molar-refractivity contribution in [3.8, 4) is 11.5 Å². The molecule has 0 amide bonds. The summed E-state index contributed by atoms with van der Waals surface area (Å²) in [5.74, 6) is 1.51. The van der Waals surface area contributed by atoms with E-state index >= 15 is 0 Å². The molecular formula is C23H23BrN4O4. The van der Waals surface area contributed by atoms with E-state index in [0.29, 0.717) is 25.3 Å². The molecule has 0 radical (unpaired) electrons. The average Bonchev–Trinajstić information content (AvgIpc) is 3.06. The summed E-state index contributed by atoms with van der Waals surface area (Å²) in [5, 5.41) is 19.6. The summed E-state index contributed by atoms with van der Waals surface area (Å²) in [7, 11) is 1.62. The number of nitrogens with zero attached hydrogens (tertiary/aromatic N) is 3. The summed E-state index contributed by atoms with van der Waals surface area (Å²) in [4.78, 5) is 10.5. The molecule has 1 heterocycles. The molecular weight excluding hydrogens is 476 g/mol. The third-order valence-corrected chi connectivity index (χ3v) is 5.11. The van der Waals surface area contributed by atoms with Crippen LogP contribution in [0, 0.1) is 15.5 Å². The van der Waals surface area contributed by atoms with Crippen molar-refractivity contribution in [3.63, 3.8) is 0 Å². The van der Waals surface area contributed by atoms with Crippen LogP contribution in [0.3, 0.4) is 0 Å². The predicted molar refractivity (Wildman–Crippen MR) is 127 cm³/mol. The molecule has 4 rings (SSSR count). The Morgan fingerprint density at radius 2 is 1.50 bits per heavy atom. The number of ether oxygens (including phenoxy) is 2. The summed E-state index contributed by atoms with van der Waals surface area (Å²) in [6, 6.07) is 21.6. The van der Waals surface area contributed by atoms with Crippen LogP contribution in [0.4, 0.5) is 5.69 Å². The van der Waals surface area contributed by atoms with Gasteiger partial charge < -0.3 is 18.6 Å². The Kier molecular flexibility index (Phi) is 7.32. The molecule has 0 spiro atoms. The lowest BCUT2D eigenvalue weighted by molar-refractivity contribution is -0.384. The molecule has 0 atom stereocenters. The molecule has 0 unspecified atom stereocenters. The van der Waals surface area contributed by atoms with Crippen molar-refractivity contribution in [1.29, 1.82) is 5.41 Å². The first kappa shape index (κ1) is 23.1. The maximum atomic E-state index is 10.9. The molecule has 0 saturated heterocycles. The van der Waals surface area contributed by atoms with Crippen LogP contribution in [0.2, 0.25) is 0 Å². The van der Waals surface area contributed by atoms with Gasteiger partial charge in [0.2, 0.25) is 5.62 Å². The SMILES string of the molecule is Br.COc1ccc(OCCn2c(=N)n(Cc3ccc([N+](=O)[O-])cc3)c3ccccc32)cc1. The zero-order valence-electron chi connectivity index (χ0n) is 17.4. The number of methoxy groups -OCH3 is 1. The van der Waals surface area contributed by atoms with Crippen molar-refractivity contribution < 1.29 is 14.4 Å². The first-order valence-electron chi connectivity index (χ1n) is 9.79. The van der Waals surface area contributed by atoms with Crippen molar-refractivity contribution in [2.24, 2.45) is 0 Å². The Labute approximate surface area is 195 Å². The van der Waals surface area contributed by atoms with Gasteiger partial charge in [0.25, 0.3) is 5.69 Å². The standard InChI is InChI=1S/C23H22N4O4.BrH/c1-30-19-10-12-20(13-11-19)31-15-14-25-21-4-2-3-5-22(21)26(23(25)24)16-17-6-8-18(9-7-17)27(28)29;/h2-13,24H,14-16H2,1H3;1H. The van der Waals surface area contributed by atoms with Crippen LogP contribution in [0.5, 0.6) is 11.5 Å². The monoisotopic (exact) mass is 498 g/mol. The largest absolute Gasteiger partial charge is 0.497 e. The number of nitrogens with one attached hydrogen (secondary N) is 1. The van der Waals surface area contributed by atoms with Crippen molar-refractivity contribution in [1.82, 2.24) is 9.13 Å². The van der Waals surface area contributed by atoms with Gasteiger partial charge in [-0.25, -0.2) is 0 Å². The highest BCUT2D eigenvalue weighted by molar-refractivity contribution is 8.93. The number of para-hydroxylation sites is 2. The van der Waals surface area contributed by atoms with Gasteiger partial charge in [0.15, 0.2) is 0 Å². The quantitative estimate of drug-likeness (QED) is 0.284. The fraction of sp³-hybridized carbons (Fsp3) is 0.174. The molecule has 4 aromatic rings. The highest BCUT2D eigenvalue weighted by Gasteiger charge is 2.12. The smallest absolute Gasteiger partial charge is 0.269 e. The maximum absolute atomic E-state index is 10.9. The number of aromatic nitrogens is 2. The molecule has 0 saturated carbocycles. The Morgan fingerprint density at radius 1 is 0.906 bits per heavy atom.